The van der Waals surface area contributed by atoms with Crippen molar-refractivity contribution in [2.24, 2.45) is 10.2 Å². The number of amides is 5. The van der Waals surface area contributed by atoms with Crippen molar-refractivity contribution < 1.29 is 66.1 Å². The molecule has 0 bridgehead atoms. The summed E-state index contributed by atoms with van der Waals surface area (Å²) in [7, 11) is 0. The van der Waals surface area contributed by atoms with E-state index in [0.717, 1.165) is 50.0 Å². The van der Waals surface area contributed by atoms with Gasteiger partial charge in [0, 0.05) is 48.7 Å². The Kier molecular flexibility index (Phi) is 17.8. The number of thioether (sulfide) groups is 1. The number of nitrogens with zero attached hydrogens (tertiary/aromatic N) is 3. The molecule has 0 unspecified atom stereocenters. The van der Waals surface area contributed by atoms with Crippen molar-refractivity contribution in [1.29, 1.82) is 0 Å². The molecule has 1 aromatic rings. The van der Waals surface area contributed by atoms with Crippen molar-refractivity contribution in [1.82, 2.24) is 26.6 Å². The molecule has 4 atom stereocenters. The van der Waals surface area contributed by atoms with Crippen molar-refractivity contribution >= 4 is 41.4 Å². The lowest BCUT2D eigenvalue weighted by molar-refractivity contribution is -0.385. The lowest BCUT2D eigenvalue weighted by Crippen LogP contribution is -2.43. The fourth-order valence-corrected chi connectivity index (χ4v) is 7.27. The lowest BCUT2D eigenvalue weighted by atomic mass is 10.0. The molecule has 4 rings (SSSR count). The smallest absolute Gasteiger partial charge is 0.442 e. The van der Waals surface area contributed by atoms with E-state index in [2.05, 4.69) is 36.8 Å². The molecule has 3 heterocycles. The van der Waals surface area contributed by atoms with E-state index in [4.69, 9.17) is 23.7 Å². The van der Waals surface area contributed by atoms with Gasteiger partial charge in [0.25, 0.3) is 11.6 Å². The van der Waals surface area contributed by atoms with Gasteiger partial charge in [-0.25, -0.2) is 9.59 Å². The zero-order valence-corrected chi connectivity index (χ0v) is 31.7. The monoisotopic (exact) mass is 836 g/mol. The molecule has 1 aromatic carbocycles. The number of nitrogens with one attached hydrogen (secondary N) is 5. The number of benzene rings is 1. The van der Waals surface area contributed by atoms with Gasteiger partial charge in [-0.05, 0) is 38.2 Å². The van der Waals surface area contributed by atoms with E-state index in [1.165, 1.54) is 0 Å². The second kappa shape index (κ2) is 22.4. The van der Waals surface area contributed by atoms with Gasteiger partial charge >= 0.3 is 24.0 Å². The van der Waals surface area contributed by atoms with Crippen molar-refractivity contribution in [2.75, 3.05) is 65.4 Å². The number of nitro groups is 1. The van der Waals surface area contributed by atoms with Crippen LogP contribution in [0.5, 0.6) is 5.75 Å². The first kappa shape index (κ1) is 45.2. The van der Waals surface area contributed by atoms with Gasteiger partial charge in [0.15, 0.2) is 0 Å². The first-order valence-corrected chi connectivity index (χ1v) is 19.3. The van der Waals surface area contributed by atoms with E-state index in [1.54, 1.807) is 0 Å². The summed E-state index contributed by atoms with van der Waals surface area (Å²) in [6.45, 7) is 0.103. The van der Waals surface area contributed by atoms with Crippen LogP contribution >= 0.6 is 11.8 Å². The van der Waals surface area contributed by atoms with Crippen molar-refractivity contribution in [3.63, 3.8) is 0 Å². The third-order valence-corrected chi connectivity index (χ3v) is 10.3. The van der Waals surface area contributed by atoms with Crippen LogP contribution in [-0.2, 0) is 34.2 Å². The van der Waals surface area contributed by atoms with Gasteiger partial charge < -0.3 is 55.4 Å². The molecule has 6 N–H and O–H groups in total. The number of aliphatic hydroxyl groups is 1. The number of carbonyl (C=O) groups is 4. The average molecular weight is 837 g/mol. The zero-order chi connectivity index (χ0) is 41.3. The quantitative estimate of drug-likeness (QED) is 0.0245. The highest BCUT2D eigenvalue weighted by Gasteiger charge is 2.65. The van der Waals surface area contributed by atoms with Crippen LogP contribution in [0.15, 0.2) is 28.4 Å². The largest absolute Gasteiger partial charge is 0.490 e. The normalized spacial score (nSPS) is 19.5. The van der Waals surface area contributed by atoms with Gasteiger partial charge in [-0.2, -0.15) is 24.9 Å². The molecule has 2 saturated heterocycles. The first-order chi connectivity index (χ1) is 27.3. The van der Waals surface area contributed by atoms with Crippen LogP contribution in [0.3, 0.4) is 0 Å². The number of urea groups is 1. The summed E-state index contributed by atoms with van der Waals surface area (Å²) >= 11 is 1.87. The summed E-state index contributed by atoms with van der Waals surface area (Å²) in [5.74, 6) is -0.115. The molecule has 0 aliphatic carbocycles. The molecular weight excluding hydrogens is 789 g/mol. The minimum absolute atomic E-state index is 0.0245. The third kappa shape index (κ3) is 14.7. The Hall–Kier alpha value is -4.52. The van der Waals surface area contributed by atoms with Crippen molar-refractivity contribution in [3.05, 3.63) is 33.9 Å². The summed E-state index contributed by atoms with van der Waals surface area (Å²) in [5, 5.41) is 41.1. The summed E-state index contributed by atoms with van der Waals surface area (Å²) in [5.41, 5.74) is -4.19. The number of fused-ring (bicyclic) bond motifs is 1. The van der Waals surface area contributed by atoms with Crippen LogP contribution in [-0.4, -0.2) is 129 Å². The fraction of sp³-hybridized carbons (Fsp3) is 0.697. The molecule has 318 valence electrons. The molecule has 20 nitrogen and oxygen atoms in total. The number of rotatable bonds is 27. The van der Waals surface area contributed by atoms with Gasteiger partial charge in [0.05, 0.1) is 36.2 Å². The number of nitro benzene ring substituents is 1. The number of hydrogen-bond acceptors (Lipinski definition) is 15. The van der Waals surface area contributed by atoms with E-state index in [-0.39, 0.29) is 63.1 Å². The van der Waals surface area contributed by atoms with Crippen LogP contribution in [0.2, 0.25) is 0 Å². The average Bonchev–Trinajstić information content (AvgIpc) is 3.82. The Labute approximate surface area is 329 Å². The number of halogens is 3. The van der Waals surface area contributed by atoms with E-state index in [9.17, 15) is 47.6 Å². The Bertz CT molecular complexity index is 1560. The molecule has 57 heavy (non-hydrogen) atoms. The minimum atomic E-state index is -4.91. The third-order valence-electron chi connectivity index (χ3n) is 8.74. The van der Waals surface area contributed by atoms with Crippen LogP contribution < -0.4 is 31.3 Å². The van der Waals surface area contributed by atoms with E-state index in [0.29, 0.717) is 37.3 Å². The number of non-ortho nitro benzene ring substituents is 1. The Morgan fingerprint density at radius 1 is 0.965 bits per heavy atom. The number of carbonyl (C=O) groups excluding carboxylic acids is 4. The molecule has 24 heteroatoms. The maximum Gasteiger partial charge on any atom is 0.442 e. The standard InChI is InChI=1S/C33H47F3N8O12S/c34-33(35,36)32(42-43-32)21-14-22(44(50)51)16-23(15-21)55-12-13-56-31(49)39-17-25(45)29(47)38-9-5-11-53-20-54-19-52-10-4-3-8-37-27(46)7-2-1-6-26-28-24(18-57-26)40-30(48)41-28/h14-16,24-26,28,45H,1-13,17-20H2,(H,37,46)(H,38,47)(H,39,49)(H2,40,41,48)/t24-,25+,26-,28-/m0/s1. The summed E-state index contributed by atoms with van der Waals surface area (Å²) in [4.78, 5) is 57.8. The molecule has 2 fully saturated rings. The predicted octanol–water partition coefficient (Wildman–Crippen LogP) is 2.33. The summed E-state index contributed by atoms with van der Waals surface area (Å²) in [6, 6.07) is 2.78. The first-order valence-electron chi connectivity index (χ1n) is 18.3. The molecule has 3 aliphatic heterocycles. The second-order valence-corrected chi connectivity index (χ2v) is 14.3. The van der Waals surface area contributed by atoms with E-state index in [1.807, 2.05) is 11.8 Å². The second-order valence-electron chi connectivity index (χ2n) is 13.0. The van der Waals surface area contributed by atoms with Gasteiger partial charge in [-0.3, -0.25) is 19.7 Å². The van der Waals surface area contributed by atoms with Gasteiger partial charge in [-0.15, -0.1) is 10.2 Å². The maximum absolute atomic E-state index is 13.3. The molecule has 0 radical (unpaired) electrons. The summed E-state index contributed by atoms with van der Waals surface area (Å²) < 4.78 is 66.0. The van der Waals surface area contributed by atoms with Crippen molar-refractivity contribution in [2.45, 2.75) is 80.2 Å². The highest BCUT2D eigenvalue weighted by Crippen LogP contribution is 2.53. The Morgan fingerprint density at radius 3 is 2.42 bits per heavy atom. The predicted molar refractivity (Wildman–Crippen MR) is 193 cm³/mol. The summed E-state index contributed by atoms with van der Waals surface area (Å²) in [6.07, 6.45) is -2.45. The van der Waals surface area contributed by atoms with Crippen LogP contribution in [0.1, 0.15) is 50.5 Å². The van der Waals surface area contributed by atoms with E-state index >= 15 is 0 Å². The molecule has 3 aliphatic rings. The molecule has 5 amide bonds. The molecule has 0 aromatic heterocycles. The van der Waals surface area contributed by atoms with Gasteiger partial charge in [0.1, 0.15) is 38.7 Å². The maximum atomic E-state index is 13.3. The highest BCUT2D eigenvalue weighted by atomic mass is 32.2. The zero-order valence-electron chi connectivity index (χ0n) is 30.9. The number of aliphatic hydroxyl groups excluding tert-OH is 1. The molecule has 0 spiro atoms. The van der Waals surface area contributed by atoms with Crippen LogP contribution in [0, 0.1) is 10.1 Å². The Balaban J connectivity index is 0.903. The topological polar surface area (TPSA) is 263 Å². The SMILES string of the molecule is O=C(CCCC[C@@H]1SC[C@@H]2NC(=O)N[C@@H]21)NCCCCOCOCOCCCNC(=O)[C@H](O)CNC(=O)OCCOc1cc([N+](=O)[O-])cc(C2(C(F)(F)F)N=N2)c1. The minimum Gasteiger partial charge on any atom is -0.490 e. The van der Waals surface area contributed by atoms with Crippen LogP contribution in [0.25, 0.3) is 0 Å². The van der Waals surface area contributed by atoms with Gasteiger partial charge in [0.2, 0.25) is 5.91 Å². The van der Waals surface area contributed by atoms with Gasteiger partial charge in [-0.1, -0.05) is 6.42 Å². The number of alkyl carbamates (subject to hydrolysis) is 1. The van der Waals surface area contributed by atoms with E-state index < -0.39 is 59.3 Å². The number of alkyl halides is 3. The van der Waals surface area contributed by atoms with Crippen LogP contribution in [0.4, 0.5) is 28.4 Å². The number of hydrogen-bond donors (Lipinski definition) is 6. The number of unbranched alkanes of at least 4 members (excludes halogenated alkanes) is 2. The molecule has 0 saturated carbocycles. The number of ether oxygens (including phenoxy) is 5. The fourth-order valence-electron chi connectivity index (χ4n) is 5.73. The lowest BCUT2D eigenvalue weighted by Gasteiger charge is -2.16. The van der Waals surface area contributed by atoms with Crippen molar-refractivity contribution in [3.8, 4) is 5.75 Å². The highest BCUT2D eigenvalue weighted by molar-refractivity contribution is 8.00. The Morgan fingerprint density at radius 2 is 1.70 bits per heavy atom. The molecular formula is C33H47F3N8O12S.